The van der Waals surface area contributed by atoms with E-state index in [0.717, 1.165) is 5.69 Å². The number of rotatable bonds is 2. The fourth-order valence-electron chi connectivity index (χ4n) is 3.30. The van der Waals surface area contributed by atoms with Crippen molar-refractivity contribution in [3.05, 3.63) is 12.4 Å². The fourth-order valence-corrected chi connectivity index (χ4v) is 4.48. The first-order valence-electron chi connectivity index (χ1n) is 6.65. The number of aryl methyl sites for hydroxylation is 1. The maximum absolute atomic E-state index is 12.2. The average Bonchev–Trinajstić information content (AvgIpc) is 2.94. The Morgan fingerprint density at radius 3 is 2.65 bits per heavy atom. The fraction of sp³-hybridized carbons (Fsp3) is 0.667. The SMILES string of the molecule is Cn1cc(N2C(=O)CC[C@@H]3[C@H]2CCN3S(C)(=O)=O)cn1. The molecular formula is C12H18N4O3S. The summed E-state index contributed by atoms with van der Waals surface area (Å²) in [5.74, 6) is 0.0506. The third-order valence-electron chi connectivity index (χ3n) is 4.11. The Bertz CT molecular complexity index is 639. The van der Waals surface area contributed by atoms with Crippen molar-refractivity contribution in [1.29, 1.82) is 0 Å². The van der Waals surface area contributed by atoms with Crippen molar-refractivity contribution in [3.63, 3.8) is 0 Å². The van der Waals surface area contributed by atoms with Crippen molar-refractivity contribution in [2.24, 2.45) is 7.05 Å². The molecular weight excluding hydrogens is 280 g/mol. The van der Waals surface area contributed by atoms with Crippen LogP contribution in [-0.4, -0.2) is 53.3 Å². The van der Waals surface area contributed by atoms with Crippen molar-refractivity contribution in [2.45, 2.75) is 31.3 Å². The monoisotopic (exact) mass is 298 g/mol. The molecule has 7 nitrogen and oxygen atoms in total. The Morgan fingerprint density at radius 2 is 2.05 bits per heavy atom. The molecule has 1 aromatic rings. The van der Waals surface area contributed by atoms with E-state index in [4.69, 9.17) is 0 Å². The van der Waals surface area contributed by atoms with Crippen LogP contribution in [0.15, 0.2) is 12.4 Å². The molecule has 0 aromatic carbocycles. The summed E-state index contributed by atoms with van der Waals surface area (Å²) in [5, 5.41) is 4.10. The van der Waals surface area contributed by atoms with Crippen molar-refractivity contribution in [1.82, 2.24) is 14.1 Å². The van der Waals surface area contributed by atoms with Gasteiger partial charge in [0, 0.05) is 32.3 Å². The number of aromatic nitrogens is 2. The lowest BCUT2D eigenvalue weighted by Gasteiger charge is -2.38. The van der Waals surface area contributed by atoms with Crippen molar-refractivity contribution in [2.75, 3.05) is 17.7 Å². The summed E-state index contributed by atoms with van der Waals surface area (Å²) >= 11 is 0. The Morgan fingerprint density at radius 1 is 1.30 bits per heavy atom. The molecule has 2 fully saturated rings. The molecule has 110 valence electrons. The van der Waals surface area contributed by atoms with E-state index < -0.39 is 10.0 Å². The highest BCUT2D eigenvalue weighted by Gasteiger charge is 2.46. The summed E-state index contributed by atoms with van der Waals surface area (Å²) in [7, 11) is -1.42. The minimum atomic E-state index is -3.22. The summed E-state index contributed by atoms with van der Waals surface area (Å²) < 4.78 is 26.8. The second-order valence-electron chi connectivity index (χ2n) is 5.47. The molecule has 8 heteroatoms. The van der Waals surface area contributed by atoms with Crippen LogP contribution in [0.5, 0.6) is 0 Å². The van der Waals surface area contributed by atoms with Gasteiger partial charge in [-0.2, -0.15) is 9.40 Å². The van der Waals surface area contributed by atoms with E-state index in [9.17, 15) is 13.2 Å². The van der Waals surface area contributed by atoms with E-state index in [1.807, 2.05) is 0 Å². The van der Waals surface area contributed by atoms with E-state index in [1.165, 1.54) is 10.6 Å². The minimum absolute atomic E-state index is 0.0506. The maximum atomic E-state index is 12.2. The van der Waals surface area contributed by atoms with E-state index in [-0.39, 0.29) is 18.0 Å². The van der Waals surface area contributed by atoms with Crippen molar-refractivity contribution in [3.8, 4) is 0 Å². The molecule has 1 amide bonds. The first-order valence-corrected chi connectivity index (χ1v) is 8.50. The number of anilines is 1. The average molecular weight is 298 g/mol. The predicted molar refractivity (Wildman–Crippen MR) is 73.7 cm³/mol. The number of hydrogen-bond acceptors (Lipinski definition) is 4. The van der Waals surface area contributed by atoms with Gasteiger partial charge in [0.2, 0.25) is 15.9 Å². The Kier molecular flexibility index (Phi) is 3.09. The van der Waals surface area contributed by atoms with Gasteiger partial charge in [-0.05, 0) is 12.8 Å². The predicted octanol–water partition coefficient (Wildman–Crippen LogP) is -0.0506. The van der Waals surface area contributed by atoms with Crippen LogP contribution in [0.1, 0.15) is 19.3 Å². The van der Waals surface area contributed by atoms with E-state index >= 15 is 0 Å². The number of amides is 1. The van der Waals surface area contributed by atoms with Crippen molar-refractivity contribution >= 4 is 21.6 Å². The van der Waals surface area contributed by atoms with Gasteiger partial charge in [-0.1, -0.05) is 0 Å². The number of hydrogen-bond donors (Lipinski definition) is 0. The lowest BCUT2D eigenvalue weighted by molar-refractivity contribution is -0.120. The topological polar surface area (TPSA) is 75.5 Å². The van der Waals surface area contributed by atoms with Gasteiger partial charge in [-0.25, -0.2) is 8.42 Å². The highest BCUT2D eigenvalue weighted by Crippen LogP contribution is 2.35. The molecule has 0 saturated carbocycles. The lowest BCUT2D eigenvalue weighted by Crippen LogP contribution is -2.53. The molecule has 2 aliphatic rings. The standard InChI is InChI=1S/C12H18N4O3S/c1-14-8-9(7-13-14)16-11-5-6-15(20(2,18)19)10(11)3-4-12(16)17/h7-8,10-11H,3-6H2,1-2H3/t10-,11-/m1/s1. The Balaban J connectivity index is 1.94. The highest BCUT2D eigenvalue weighted by molar-refractivity contribution is 7.88. The normalized spacial score (nSPS) is 27.9. The molecule has 2 atom stereocenters. The quantitative estimate of drug-likeness (QED) is 0.767. The summed E-state index contributed by atoms with van der Waals surface area (Å²) in [4.78, 5) is 14.0. The number of nitrogens with zero attached hydrogens (tertiary/aromatic N) is 4. The van der Waals surface area contributed by atoms with Crippen LogP contribution in [-0.2, 0) is 21.9 Å². The zero-order chi connectivity index (χ0) is 14.5. The van der Waals surface area contributed by atoms with Crippen LogP contribution < -0.4 is 4.90 Å². The molecule has 1 aromatic heterocycles. The number of fused-ring (bicyclic) bond motifs is 1. The molecule has 20 heavy (non-hydrogen) atoms. The Hall–Kier alpha value is -1.41. The van der Waals surface area contributed by atoms with Crippen LogP contribution in [0.3, 0.4) is 0 Å². The number of carbonyl (C=O) groups is 1. The summed E-state index contributed by atoms with van der Waals surface area (Å²) in [5.41, 5.74) is 0.752. The van der Waals surface area contributed by atoms with Crippen LogP contribution in [0.25, 0.3) is 0 Å². The minimum Gasteiger partial charge on any atom is -0.305 e. The van der Waals surface area contributed by atoms with Gasteiger partial charge < -0.3 is 4.90 Å². The number of carbonyl (C=O) groups excluding carboxylic acids is 1. The highest BCUT2D eigenvalue weighted by atomic mass is 32.2. The van der Waals surface area contributed by atoms with Gasteiger partial charge >= 0.3 is 0 Å². The molecule has 0 spiro atoms. The van der Waals surface area contributed by atoms with Gasteiger partial charge in [0.15, 0.2) is 0 Å². The first-order chi connectivity index (χ1) is 9.38. The molecule has 2 saturated heterocycles. The van der Waals surface area contributed by atoms with E-state index in [1.54, 1.807) is 29.0 Å². The van der Waals surface area contributed by atoms with Gasteiger partial charge in [0.05, 0.1) is 24.2 Å². The molecule has 0 N–H and O–H groups in total. The summed E-state index contributed by atoms with van der Waals surface area (Å²) in [6.07, 6.45) is 6.35. The smallest absolute Gasteiger partial charge is 0.227 e. The van der Waals surface area contributed by atoms with Crippen LogP contribution in [0, 0.1) is 0 Å². The van der Waals surface area contributed by atoms with Crippen molar-refractivity contribution < 1.29 is 13.2 Å². The molecule has 0 unspecified atom stereocenters. The van der Waals surface area contributed by atoms with Crippen LogP contribution in [0.4, 0.5) is 5.69 Å². The first kappa shape index (κ1) is 13.6. The number of piperidine rings is 1. The third kappa shape index (κ3) is 2.12. The van der Waals surface area contributed by atoms with E-state index in [0.29, 0.717) is 25.8 Å². The zero-order valence-electron chi connectivity index (χ0n) is 11.6. The molecule has 3 rings (SSSR count). The lowest BCUT2D eigenvalue weighted by atomic mass is 9.96. The summed E-state index contributed by atoms with van der Waals surface area (Å²) in [6, 6.07) is -0.182. The Labute approximate surface area is 118 Å². The maximum Gasteiger partial charge on any atom is 0.227 e. The number of sulfonamides is 1. The molecule has 2 aliphatic heterocycles. The summed E-state index contributed by atoms with van der Waals surface area (Å²) in [6.45, 7) is 0.484. The molecule has 0 bridgehead atoms. The van der Waals surface area contributed by atoms with Gasteiger partial charge in [-0.15, -0.1) is 0 Å². The van der Waals surface area contributed by atoms with Gasteiger partial charge in [0.25, 0.3) is 0 Å². The molecule has 0 aliphatic carbocycles. The second kappa shape index (κ2) is 4.56. The zero-order valence-corrected chi connectivity index (χ0v) is 12.4. The van der Waals surface area contributed by atoms with Crippen LogP contribution in [0.2, 0.25) is 0 Å². The largest absolute Gasteiger partial charge is 0.305 e. The third-order valence-corrected chi connectivity index (χ3v) is 5.41. The van der Waals surface area contributed by atoms with Gasteiger partial charge in [-0.3, -0.25) is 9.48 Å². The van der Waals surface area contributed by atoms with Gasteiger partial charge in [0.1, 0.15) is 0 Å². The second-order valence-corrected chi connectivity index (χ2v) is 7.41. The molecule has 3 heterocycles. The van der Waals surface area contributed by atoms with E-state index in [2.05, 4.69) is 5.10 Å². The molecule has 0 radical (unpaired) electrons. The van der Waals surface area contributed by atoms with Crippen LogP contribution >= 0.6 is 0 Å².